The van der Waals surface area contributed by atoms with Crippen molar-refractivity contribution < 1.29 is 31.6 Å². The fourth-order valence-electron chi connectivity index (χ4n) is 2.64. The second-order valence-corrected chi connectivity index (χ2v) is 8.84. The number of carbonyl (C=O) groups excluding carboxylic acids is 2. The quantitative estimate of drug-likeness (QED) is 0.596. The number of nitrogens with one attached hydrogen (secondary N) is 2. The van der Waals surface area contributed by atoms with Gasteiger partial charge in [-0.1, -0.05) is 24.4 Å². The zero-order chi connectivity index (χ0) is 23.3. The Morgan fingerprint density at radius 1 is 1.03 bits per heavy atom. The smallest absolute Gasteiger partial charge is 0.264 e. The van der Waals surface area contributed by atoms with E-state index in [0.29, 0.717) is 4.47 Å². The summed E-state index contributed by atoms with van der Waals surface area (Å²) in [6, 6.07) is 7.19. The molecule has 8 nitrogen and oxygen atoms in total. The van der Waals surface area contributed by atoms with Crippen molar-refractivity contribution in [1.29, 1.82) is 0 Å². The van der Waals surface area contributed by atoms with E-state index in [2.05, 4.69) is 10.6 Å². The number of halogens is 2. The van der Waals surface area contributed by atoms with E-state index in [4.69, 9.17) is 4.84 Å². The summed E-state index contributed by atoms with van der Waals surface area (Å²) in [6.45, 7) is 3.30. The number of benzene rings is 2. The van der Waals surface area contributed by atoms with Gasteiger partial charge in [-0.3, -0.25) is 14.4 Å². The molecule has 31 heavy (non-hydrogen) atoms. The van der Waals surface area contributed by atoms with Crippen molar-refractivity contribution in [2.45, 2.75) is 24.8 Å². The van der Waals surface area contributed by atoms with Gasteiger partial charge >= 0.3 is 0 Å². The first-order chi connectivity index (χ1) is 14.5. The van der Waals surface area contributed by atoms with Crippen molar-refractivity contribution in [2.75, 3.05) is 19.5 Å². The largest absolute Gasteiger partial charge is 0.340 e. The number of rotatable bonds is 8. The van der Waals surface area contributed by atoms with Gasteiger partial charge in [0.05, 0.1) is 12.0 Å². The van der Waals surface area contributed by atoms with E-state index in [1.165, 1.54) is 38.4 Å². The normalized spacial score (nSPS) is 12.6. The van der Waals surface area contributed by atoms with Crippen LogP contribution in [0.15, 0.2) is 47.4 Å². The highest BCUT2D eigenvalue weighted by atomic mass is 32.2. The van der Waals surface area contributed by atoms with Crippen LogP contribution in [-0.4, -0.2) is 44.9 Å². The van der Waals surface area contributed by atoms with Crippen molar-refractivity contribution in [2.24, 2.45) is 5.92 Å². The SMILES string of the molecule is CON(C)S(=O)(=O)c1ccc(NC(=O)[C@@H](NC(=O)c2c(F)cccc2F)C(C)C)cc1. The number of sulfonamides is 1. The lowest BCUT2D eigenvalue weighted by molar-refractivity contribution is -0.118. The number of amides is 2. The lowest BCUT2D eigenvalue weighted by Gasteiger charge is -2.22. The Labute approximate surface area is 179 Å². The second-order valence-electron chi connectivity index (χ2n) is 6.90. The fraction of sp³-hybridized carbons (Fsp3) is 0.300. The topological polar surface area (TPSA) is 105 Å². The maximum Gasteiger partial charge on any atom is 0.264 e. The molecule has 11 heteroatoms. The molecule has 1 atom stereocenters. The third kappa shape index (κ3) is 5.63. The lowest BCUT2D eigenvalue weighted by Crippen LogP contribution is -2.47. The van der Waals surface area contributed by atoms with Crippen LogP contribution in [-0.2, 0) is 19.7 Å². The molecular formula is C20H23F2N3O5S. The highest BCUT2D eigenvalue weighted by Crippen LogP contribution is 2.19. The van der Waals surface area contributed by atoms with Crippen molar-refractivity contribution in [3.63, 3.8) is 0 Å². The summed E-state index contributed by atoms with van der Waals surface area (Å²) in [7, 11) is -1.40. The number of anilines is 1. The molecule has 0 bridgehead atoms. The molecule has 168 valence electrons. The minimum Gasteiger partial charge on any atom is -0.340 e. The summed E-state index contributed by atoms with van der Waals surface area (Å²) in [5.41, 5.74) is -0.515. The molecule has 0 unspecified atom stereocenters. The Balaban J connectivity index is 2.17. The van der Waals surface area contributed by atoms with Gasteiger partial charge in [0.1, 0.15) is 23.2 Å². The Morgan fingerprint density at radius 2 is 1.58 bits per heavy atom. The molecule has 0 radical (unpaired) electrons. The van der Waals surface area contributed by atoms with Crippen molar-refractivity contribution in [3.05, 3.63) is 59.7 Å². The van der Waals surface area contributed by atoms with Crippen LogP contribution in [0.5, 0.6) is 0 Å². The van der Waals surface area contributed by atoms with Gasteiger partial charge in [-0.05, 0) is 42.3 Å². The Bertz CT molecular complexity index is 1040. The van der Waals surface area contributed by atoms with Crippen molar-refractivity contribution in [1.82, 2.24) is 9.79 Å². The molecule has 2 N–H and O–H groups in total. The summed E-state index contributed by atoms with van der Waals surface area (Å²) in [4.78, 5) is 29.7. The minimum absolute atomic E-state index is 0.0569. The van der Waals surface area contributed by atoms with E-state index in [1.54, 1.807) is 13.8 Å². The number of hydrogen-bond acceptors (Lipinski definition) is 5. The number of nitrogens with zero attached hydrogens (tertiary/aromatic N) is 1. The van der Waals surface area contributed by atoms with Gasteiger partial charge in [0.15, 0.2) is 0 Å². The summed E-state index contributed by atoms with van der Waals surface area (Å²) < 4.78 is 52.8. The fourth-order valence-corrected chi connectivity index (χ4v) is 3.61. The Morgan fingerprint density at radius 3 is 2.06 bits per heavy atom. The minimum atomic E-state index is -3.85. The number of hydrogen-bond donors (Lipinski definition) is 2. The highest BCUT2D eigenvalue weighted by Gasteiger charge is 2.27. The van der Waals surface area contributed by atoms with Gasteiger partial charge in [-0.2, -0.15) is 0 Å². The monoisotopic (exact) mass is 455 g/mol. The Hall–Kier alpha value is -2.89. The molecule has 0 spiro atoms. The number of hydroxylamine groups is 1. The summed E-state index contributed by atoms with van der Waals surface area (Å²) in [5, 5.41) is 4.89. The molecule has 2 amide bonds. The molecule has 2 aromatic carbocycles. The zero-order valence-corrected chi connectivity index (χ0v) is 18.2. The van der Waals surface area contributed by atoms with Crippen molar-refractivity contribution in [3.8, 4) is 0 Å². The third-order valence-electron chi connectivity index (χ3n) is 4.44. The van der Waals surface area contributed by atoms with Gasteiger partial charge in [-0.25, -0.2) is 17.2 Å². The molecule has 0 saturated heterocycles. The van der Waals surface area contributed by atoms with Crippen LogP contribution in [0.2, 0.25) is 0 Å². The van der Waals surface area contributed by atoms with Gasteiger partial charge < -0.3 is 10.6 Å². The average Bonchev–Trinajstić information content (AvgIpc) is 2.71. The number of carbonyl (C=O) groups is 2. The van der Waals surface area contributed by atoms with Crippen LogP contribution < -0.4 is 10.6 Å². The molecule has 0 aliphatic heterocycles. The maximum atomic E-state index is 13.9. The van der Waals surface area contributed by atoms with Gasteiger partial charge in [0.2, 0.25) is 5.91 Å². The molecule has 0 fully saturated rings. The maximum absolute atomic E-state index is 13.9. The van der Waals surface area contributed by atoms with Crippen LogP contribution in [0.4, 0.5) is 14.5 Å². The predicted octanol–water partition coefficient (Wildman–Crippen LogP) is 2.54. The molecule has 2 aromatic rings. The van der Waals surface area contributed by atoms with Crippen molar-refractivity contribution >= 4 is 27.5 Å². The van der Waals surface area contributed by atoms with E-state index in [9.17, 15) is 26.8 Å². The molecule has 0 aliphatic rings. The van der Waals surface area contributed by atoms with Gasteiger partial charge in [0.25, 0.3) is 15.9 Å². The van der Waals surface area contributed by atoms with E-state index in [0.717, 1.165) is 18.2 Å². The summed E-state index contributed by atoms with van der Waals surface area (Å²) >= 11 is 0. The molecule has 0 aliphatic carbocycles. The first kappa shape index (κ1) is 24.4. The average molecular weight is 455 g/mol. The molecular weight excluding hydrogens is 432 g/mol. The van der Waals surface area contributed by atoms with Crippen LogP contribution in [0, 0.1) is 17.6 Å². The summed E-state index contributed by atoms with van der Waals surface area (Å²) in [5.74, 6) is -4.19. The first-order valence-corrected chi connectivity index (χ1v) is 10.6. The van der Waals surface area contributed by atoms with E-state index < -0.39 is 51.0 Å². The Kier molecular flexibility index (Phi) is 7.82. The first-order valence-electron chi connectivity index (χ1n) is 9.18. The van der Waals surface area contributed by atoms with Crippen LogP contribution in [0.25, 0.3) is 0 Å². The van der Waals surface area contributed by atoms with E-state index in [-0.39, 0.29) is 10.6 Å². The zero-order valence-electron chi connectivity index (χ0n) is 17.3. The molecule has 0 heterocycles. The van der Waals surface area contributed by atoms with Gasteiger partial charge in [-0.15, -0.1) is 0 Å². The van der Waals surface area contributed by atoms with Gasteiger partial charge in [0, 0.05) is 12.7 Å². The lowest BCUT2D eigenvalue weighted by atomic mass is 10.0. The van der Waals surface area contributed by atoms with Crippen LogP contribution in [0.3, 0.4) is 0 Å². The highest BCUT2D eigenvalue weighted by molar-refractivity contribution is 7.89. The second kappa shape index (κ2) is 9.94. The molecule has 0 saturated carbocycles. The standard InChI is InChI=1S/C20H23F2N3O5S/c1-12(2)18(24-19(26)17-15(21)6-5-7-16(17)22)20(27)23-13-8-10-14(11-9-13)31(28,29)25(3)30-4/h5-12,18H,1-4H3,(H,23,27)(H,24,26)/t18-/m0/s1. The van der Waals surface area contributed by atoms with E-state index >= 15 is 0 Å². The molecule has 0 aromatic heterocycles. The van der Waals surface area contributed by atoms with Crippen LogP contribution >= 0.6 is 0 Å². The summed E-state index contributed by atoms with van der Waals surface area (Å²) in [6.07, 6.45) is 0. The van der Waals surface area contributed by atoms with E-state index in [1.807, 2.05) is 0 Å². The van der Waals surface area contributed by atoms with Crippen LogP contribution in [0.1, 0.15) is 24.2 Å². The third-order valence-corrected chi connectivity index (χ3v) is 6.13. The predicted molar refractivity (Wildman–Crippen MR) is 109 cm³/mol. The molecule has 2 rings (SSSR count).